The van der Waals surface area contributed by atoms with Crippen LogP contribution in [0.15, 0.2) is 0 Å². The van der Waals surface area contributed by atoms with Crippen molar-refractivity contribution in [3.63, 3.8) is 0 Å². The maximum atomic E-state index is 11.9. The molecule has 3 saturated carbocycles. The molecule has 1 aliphatic heterocycles. The van der Waals surface area contributed by atoms with Crippen LogP contribution in [-0.4, -0.2) is 23.5 Å². The number of rotatable bonds is 1. The average molecular weight is 347 g/mol. The van der Waals surface area contributed by atoms with Crippen LogP contribution < -0.4 is 5.32 Å². The molecule has 0 spiro atoms. The fourth-order valence-electron chi connectivity index (χ4n) is 7.24. The van der Waals surface area contributed by atoms with E-state index in [1.807, 2.05) is 0 Å². The largest absolute Gasteiger partial charge is 0.463 e. The Hall–Kier alpha value is -1.06. The molecule has 4 aliphatic rings. The van der Waals surface area contributed by atoms with Crippen molar-refractivity contribution in [3.8, 4) is 0 Å². The van der Waals surface area contributed by atoms with Gasteiger partial charge in [-0.1, -0.05) is 6.92 Å². The van der Waals surface area contributed by atoms with E-state index in [-0.39, 0.29) is 23.5 Å². The van der Waals surface area contributed by atoms with Crippen molar-refractivity contribution in [1.82, 2.24) is 5.32 Å². The smallest absolute Gasteiger partial charge is 0.302 e. The van der Waals surface area contributed by atoms with E-state index in [0.717, 1.165) is 37.5 Å². The van der Waals surface area contributed by atoms with Crippen molar-refractivity contribution in [2.75, 3.05) is 0 Å². The van der Waals surface area contributed by atoms with Crippen LogP contribution in [0, 0.1) is 29.1 Å². The first-order valence-corrected chi connectivity index (χ1v) is 10.3. The topological polar surface area (TPSA) is 55.4 Å². The molecule has 1 saturated heterocycles. The van der Waals surface area contributed by atoms with Crippen LogP contribution >= 0.6 is 0 Å². The van der Waals surface area contributed by atoms with Gasteiger partial charge in [0.05, 0.1) is 0 Å². The van der Waals surface area contributed by atoms with Gasteiger partial charge in [-0.2, -0.15) is 0 Å². The van der Waals surface area contributed by atoms with Crippen LogP contribution in [0.25, 0.3) is 0 Å². The lowest BCUT2D eigenvalue weighted by atomic mass is 9.45. The number of carbonyl (C=O) groups is 2. The molecule has 0 aromatic carbocycles. The highest BCUT2D eigenvalue weighted by molar-refractivity contribution is 5.77. The third kappa shape index (κ3) is 2.80. The van der Waals surface area contributed by atoms with E-state index < -0.39 is 0 Å². The van der Waals surface area contributed by atoms with E-state index in [9.17, 15) is 9.59 Å². The molecular formula is C21H33NO3. The zero-order valence-corrected chi connectivity index (χ0v) is 16.0. The van der Waals surface area contributed by atoms with Crippen molar-refractivity contribution >= 4 is 11.9 Å². The van der Waals surface area contributed by atoms with Crippen LogP contribution in [0.5, 0.6) is 0 Å². The SMILES string of the molecule is CC(=O)O[C@H]1CC[C@@]2(C)C(CC[C@@H]3[C@@H]2CC[C@]2(C)NC(=O)CC[C@@H]32)C1. The maximum absolute atomic E-state index is 11.9. The molecule has 140 valence electrons. The summed E-state index contributed by atoms with van der Waals surface area (Å²) in [5.74, 6) is 2.98. The Labute approximate surface area is 151 Å². The highest BCUT2D eigenvalue weighted by Crippen LogP contribution is 2.62. The number of ether oxygens (including phenoxy) is 1. The summed E-state index contributed by atoms with van der Waals surface area (Å²) in [6.07, 6.45) is 10.1. The van der Waals surface area contributed by atoms with E-state index in [4.69, 9.17) is 4.74 Å². The molecular weight excluding hydrogens is 314 g/mol. The Morgan fingerprint density at radius 2 is 1.88 bits per heavy atom. The second kappa shape index (κ2) is 5.99. The fourth-order valence-corrected chi connectivity index (χ4v) is 7.24. The number of esters is 1. The Morgan fingerprint density at radius 3 is 2.64 bits per heavy atom. The van der Waals surface area contributed by atoms with Gasteiger partial charge in [0, 0.05) is 18.9 Å². The van der Waals surface area contributed by atoms with E-state index in [1.165, 1.54) is 32.6 Å². The second-order valence-corrected chi connectivity index (χ2v) is 9.71. The van der Waals surface area contributed by atoms with Crippen molar-refractivity contribution in [2.24, 2.45) is 29.1 Å². The third-order valence-electron chi connectivity index (χ3n) is 8.45. The molecule has 7 atom stereocenters. The van der Waals surface area contributed by atoms with Gasteiger partial charge in [0.1, 0.15) is 6.10 Å². The highest BCUT2D eigenvalue weighted by atomic mass is 16.5. The lowest BCUT2D eigenvalue weighted by Gasteiger charge is -2.62. The summed E-state index contributed by atoms with van der Waals surface area (Å²) in [7, 11) is 0. The standard InChI is InChI=1S/C21H33NO3/c1-13(23)25-15-8-10-20(2)14(12-15)4-5-16-17(20)9-11-21(3)18(16)6-7-19(24)22-21/h14-18H,4-12H2,1-3H3,(H,22,24)/t14?,15-,16+,17-,18-,20-,21-/m0/s1. The Morgan fingerprint density at radius 1 is 1.08 bits per heavy atom. The van der Waals surface area contributed by atoms with Gasteiger partial charge in [-0.3, -0.25) is 9.59 Å². The van der Waals surface area contributed by atoms with Gasteiger partial charge in [0.25, 0.3) is 0 Å². The minimum absolute atomic E-state index is 0.0225. The molecule has 0 bridgehead atoms. The zero-order chi connectivity index (χ0) is 17.8. The van der Waals surface area contributed by atoms with Crippen molar-refractivity contribution in [1.29, 1.82) is 0 Å². The minimum Gasteiger partial charge on any atom is -0.463 e. The lowest BCUT2D eigenvalue weighted by molar-refractivity contribution is -0.161. The number of hydrogen-bond donors (Lipinski definition) is 1. The summed E-state index contributed by atoms with van der Waals surface area (Å²) in [4.78, 5) is 23.3. The van der Waals surface area contributed by atoms with Crippen LogP contribution in [-0.2, 0) is 14.3 Å². The average Bonchev–Trinajstić information content (AvgIpc) is 2.53. The third-order valence-corrected chi connectivity index (χ3v) is 8.45. The van der Waals surface area contributed by atoms with Crippen molar-refractivity contribution in [2.45, 2.75) is 90.2 Å². The van der Waals surface area contributed by atoms with Crippen molar-refractivity contribution < 1.29 is 14.3 Å². The van der Waals surface area contributed by atoms with Gasteiger partial charge in [-0.15, -0.1) is 0 Å². The minimum atomic E-state index is -0.131. The Bertz CT molecular complexity index is 575. The van der Waals surface area contributed by atoms with Gasteiger partial charge < -0.3 is 10.1 Å². The van der Waals surface area contributed by atoms with Gasteiger partial charge in [0.2, 0.25) is 5.91 Å². The number of fused-ring (bicyclic) bond motifs is 5. The second-order valence-electron chi connectivity index (χ2n) is 9.71. The number of hydrogen-bond acceptors (Lipinski definition) is 3. The fraction of sp³-hybridized carbons (Fsp3) is 0.905. The van der Waals surface area contributed by atoms with E-state index in [1.54, 1.807) is 0 Å². The van der Waals surface area contributed by atoms with Gasteiger partial charge in [-0.25, -0.2) is 0 Å². The number of amides is 1. The molecule has 4 nitrogen and oxygen atoms in total. The predicted molar refractivity (Wildman–Crippen MR) is 95.7 cm³/mol. The molecule has 25 heavy (non-hydrogen) atoms. The normalized spacial score (nSPS) is 49.2. The van der Waals surface area contributed by atoms with Crippen LogP contribution in [0.3, 0.4) is 0 Å². The molecule has 0 radical (unpaired) electrons. The van der Waals surface area contributed by atoms with Gasteiger partial charge in [-0.05, 0) is 87.4 Å². The molecule has 4 fully saturated rings. The van der Waals surface area contributed by atoms with Crippen LogP contribution in [0.2, 0.25) is 0 Å². The van der Waals surface area contributed by atoms with E-state index in [0.29, 0.717) is 23.7 Å². The quantitative estimate of drug-likeness (QED) is 0.734. The molecule has 0 aromatic heterocycles. The summed E-state index contributed by atoms with van der Waals surface area (Å²) in [5.41, 5.74) is 0.414. The predicted octanol–water partition coefficient (Wildman–Crippen LogP) is 3.83. The monoisotopic (exact) mass is 347 g/mol. The highest BCUT2D eigenvalue weighted by Gasteiger charge is 2.58. The lowest BCUT2D eigenvalue weighted by Crippen LogP contribution is -2.63. The Balaban J connectivity index is 1.53. The molecule has 1 heterocycles. The van der Waals surface area contributed by atoms with Crippen molar-refractivity contribution in [3.05, 3.63) is 0 Å². The summed E-state index contributed by atoms with van der Waals surface area (Å²) in [6.45, 7) is 6.34. The first-order valence-electron chi connectivity index (χ1n) is 10.3. The van der Waals surface area contributed by atoms with E-state index >= 15 is 0 Å². The molecule has 1 N–H and O–H groups in total. The molecule has 4 heteroatoms. The molecule has 1 amide bonds. The Kier molecular flexibility index (Phi) is 4.16. The first kappa shape index (κ1) is 17.4. The number of carbonyl (C=O) groups excluding carboxylic acids is 2. The molecule has 4 rings (SSSR count). The summed E-state index contributed by atoms with van der Waals surface area (Å²) in [5, 5.41) is 3.34. The van der Waals surface area contributed by atoms with Gasteiger partial charge >= 0.3 is 5.97 Å². The molecule has 1 unspecified atom stereocenters. The number of piperidine rings is 1. The molecule has 0 aromatic rings. The van der Waals surface area contributed by atoms with Crippen LogP contribution in [0.1, 0.15) is 78.6 Å². The molecule has 3 aliphatic carbocycles. The summed E-state index contributed by atoms with van der Waals surface area (Å²) in [6, 6.07) is 0. The van der Waals surface area contributed by atoms with E-state index in [2.05, 4.69) is 19.2 Å². The number of nitrogens with one attached hydrogen (secondary N) is 1. The zero-order valence-electron chi connectivity index (χ0n) is 16.0. The summed E-state index contributed by atoms with van der Waals surface area (Å²) < 4.78 is 5.55. The first-order chi connectivity index (χ1) is 11.8. The maximum Gasteiger partial charge on any atom is 0.302 e. The summed E-state index contributed by atoms with van der Waals surface area (Å²) >= 11 is 0. The van der Waals surface area contributed by atoms with Crippen LogP contribution in [0.4, 0.5) is 0 Å². The van der Waals surface area contributed by atoms with Gasteiger partial charge in [0.15, 0.2) is 0 Å².